The minimum Gasteiger partial charge on any atom is -0.192 e. The average Bonchev–Trinajstić information content (AvgIpc) is 2.42. The number of nitrogens with zero attached hydrogens (tertiary/aromatic N) is 1. The van der Waals surface area contributed by atoms with E-state index in [1.165, 1.54) is 5.56 Å². The van der Waals surface area contributed by atoms with Crippen LogP contribution in [0.15, 0.2) is 48.5 Å². The van der Waals surface area contributed by atoms with Crippen molar-refractivity contribution in [3.05, 3.63) is 70.2 Å². The van der Waals surface area contributed by atoms with E-state index in [1.54, 1.807) is 6.07 Å². The lowest BCUT2D eigenvalue weighted by Crippen LogP contribution is -1.86. The summed E-state index contributed by atoms with van der Waals surface area (Å²) in [5, 5.41) is 9.44. The van der Waals surface area contributed by atoms with Gasteiger partial charge in [-0.15, -0.1) is 0 Å². The largest absolute Gasteiger partial charge is 0.192 e. The summed E-state index contributed by atoms with van der Waals surface area (Å²) < 4.78 is 0. The Morgan fingerprint density at radius 2 is 1.83 bits per heavy atom. The molecule has 0 atom stereocenters. The first-order chi connectivity index (χ1) is 8.79. The average molecular weight is 274 g/mol. The van der Waals surface area contributed by atoms with Crippen LogP contribution < -0.4 is 0 Å². The Balaban J connectivity index is 1.93. The van der Waals surface area contributed by atoms with E-state index in [1.807, 2.05) is 42.1 Å². The topological polar surface area (TPSA) is 23.8 Å². The minimum atomic E-state index is 0.608. The normalized spacial score (nSPS) is 10.0. The molecule has 18 heavy (non-hydrogen) atoms. The van der Waals surface area contributed by atoms with Gasteiger partial charge in [-0.2, -0.15) is 17.0 Å². The molecule has 1 nitrogen and oxygen atoms in total. The molecule has 3 heteroatoms. The Labute approximate surface area is 116 Å². The number of thioether (sulfide) groups is 1. The van der Waals surface area contributed by atoms with E-state index in [-0.39, 0.29) is 0 Å². The van der Waals surface area contributed by atoms with Crippen molar-refractivity contribution in [2.24, 2.45) is 0 Å². The molecule has 0 amide bonds. The molecule has 2 rings (SSSR count). The number of hydrogen-bond acceptors (Lipinski definition) is 2. The molecule has 2 aromatic rings. The second kappa shape index (κ2) is 6.49. The number of hydrogen-bond donors (Lipinski definition) is 0. The van der Waals surface area contributed by atoms with Gasteiger partial charge in [0, 0.05) is 16.5 Å². The van der Waals surface area contributed by atoms with Crippen LogP contribution in [0.4, 0.5) is 0 Å². The van der Waals surface area contributed by atoms with Gasteiger partial charge in [-0.25, -0.2) is 0 Å². The molecule has 0 N–H and O–H groups in total. The number of rotatable bonds is 4. The third-order valence-corrected chi connectivity index (χ3v) is 3.96. The van der Waals surface area contributed by atoms with Crippen molar-refractivity contribution in [1.29, 1.82) is 5.26 Å². The number of benzene rings is 2. The molecular formula is C15H12ClNS. The SMILES string of the molecule is N#Cc1ccc(CSCc2ccccc2)c(Cl)c1. The van der Waals surface area contributed by atoms with Crippen molar-refractivity contribution < 1.29 is 0 Å². The van der Waals surface area contributed by atoms with Crippen LogP contribution in [-0.4, -0.2) is 0 Å². The monoisotopic (exact) mass is 273 g/mol. The first-order valence-corrected chi connectivity index (χ1v) is 7.13. The van der Waals surface area contributed by atoms with Crippen LogP contribution in [0.3, 0.4) is 0 Å². The summed E-state index contributed by atoms with van der Waals surface area (Å²) in [4.78, 5) is 0. The Kier molecular flexibility index (Phi) is 4.69. The fourth-order valence-corrected chi connectivity index (χ4v) is 2.92. The molecule has 0 spiro atoms. The van der Waals surface area contributed by atoms with E-state index in [2.05, 4.69) is 18.2 Å². The molecule has 90 valence electrons. The highest BCUT2D eigenvalue weighted by molar-refractivity contribution is 7.97. The lowest BCUT2D eigenvalue weighted by atomic mass is 10.2. The van der Waals surface area contributed by atoms with Crippen molar-refractivity contribution in [2.45, 2.75) is 11.5 Å². The third kappa shape index (κ3) is 3.53. The van der Waals surface area contributed by atoms with Crippen LogP contribution in [0.2, 0.25) is 5.02 Å². The first kappa shape index (κ1) is 13.0. The molecule has 0 aromatic heterocycles. The summed E-state index contributed by atoms with van der Waals surface area (Å²) >= 11 is 7.95. The van der Waals surface area contributed by atoms with Gasteiger partial charge in [0.2, 0.25) is 0 Å². The molecule has 0 aliphatic rings. The van der Waals surface area contributed by atoms with Gasteiger partial charge < -0.3 is 0 Å². The van der Waals surface area contributed by atoms with Crippen molar-refractivity contribution in [2.75, 3.05) is 0 Å². The Morgan fingerprint density at radius 1 is 1.06 bits per heavy atom. The zero-order chi connectivity index (χ0) is 12.8. The van der Waals surface area contributed by atoms with Gasteiger partial charge in [0.1, 0.15) is 0 Å². The van der Waals surface area contributed by atoms with Crippen molar-refractivity contribution in [3.8, 4) is 6.07 Å². The summed E-state index contributed by atoms with van der Waals surface area (Å²) in [7, 11) is 0. The van der Waals surface area contributed by atoms with Crippen LogP contribution >= 0.6 is 23.4 Å². The predicted octanol–water partition coefficient (Wildman–Crippen LogP) is 4.65. The van der Waals surface area contributed by atoms with Crippen LogP contribution in [0.25, 0.3) is 0 Å². The molecule has 0 bridgehead atoms. The molecule has 0 unspecified atom stereocenters. The highest BCUT2D eigenvalue weighted by Crippen LogP contribution is 2.24. The number of halogens is 1. The van der Waals surface area contributed by atoms with E-state index in [9.17, 15) is 0 Å². The van der Waals surface area contributed by atoms with Gasteiger partial charge in [0.15, 0.2) is 0 Å². The second-order valence-electron chi connectivity index (χ2n) is 3.90. The van der Waals surface area contributed by atoms with Crippen LogP contribution in [0, 0.1) is 11.3 Å². The summed E-state index contributed by atoms with van der Waals surface area (Å²) in [5.41, 5.74) is 3.00. The second-order valence-corrected chi connectivity index (χ2v) is 5.29. The maximum atomic E-state index is 8.76. The molecule has 0 aliphatic carbocycles. The van der Waals surface area contributed by atoms with E-state index in [0.717, 1.165) is 17.1 Å². The summed E-state index contributed by atoms with van der Waals surface area (Å²) in [6.45, 7) is 0. The van der Waals surface area contributed by atoms with E-state index in [4.69, 9.17) is 16.9 Å². The van der Waals surface area contributed by atoms with Gasteiger partial charge in [-0.1, -0.05) is 48.0 Å². The predicted molar refractivity (Wildman–Crippen MR) is 77.6 cm³/mol. The zero-order valence-electron chi connectivity index (χ0n) is 9.77. The highest BCUT2D eigenvalue weighted by Gasteiger charge is 2.02. The van der Waals surface area contributed by atoms with Gasteiger partial charge in [0.25, 0.3) is 0 Å². The van der Waals surface area contributed by atoms with Crippen molar-refractivity contribution in [1.82, 2.24) is 0 Å². The summed E-state index contributed by atoms with van der Waals surface area (Å²) in [6.07, 6.45) is 0. The van der Waals surface area contributed by atoms with Gasteiger partial charge >= 0.3 is 0 Å². The van der Waals surface area contributed by atoms with Gasteiger partial charge in [0.05, 0.1) is 11.6 Å². The molecule has 0 heterocycles. The van der Waals surface area contributed by atoms with Crippen LogP contribution in [0.5, 0.6) is 0 Å². The molecule has 0 saturated heterocycles. The first-order valence-electron chi connectivity index (χ1n) is 5.60. The standard InChI is InChI=1S/C15H12ClNS/c16-15-8-13(9-17)6-7-14(15)11-18-10-12-4-2-1-3-5-12/h1-8H,10-11H2. The van der Waals surface area contributed by atoms with Crippen LogP contribution in [-0.2, 0) is 11.5 Å². The van der Waals surface area contributed by atoms with Crippen molar-refractivity contribution in [3.63, 3.8) is 0 Å². The van der Waals surface area contributed by atoms with E-state index in [0.29, 0.717) is 10.6 Å². The molecular weight excluding hydrogens is 262 g/mol. The van der Waals surface area contributed by atoms with Gasteiger partial charge in [-0.05, 0) is 23.3 Å². The maximum absolute atomic E-state index is 8.76. The lowest BCUT2D eigenvalue weighted by molar-refractivity contribution is 1.36. The molecule has 0 saturated carbocycles. The quantitative estimate of drug-likeness (QED) is 0.810. The van der Waals surface area contributed by atoms with Crippen LogP contribution in [0.1, 0.15) is 16.7 Å². The fourth-order valence-electron chi connectivity index (χ4n) is 1.59. The summed E-state index contributed by atoms with van der Waals surface area (Å²) in [6, 6.07) is 17.9. The molecule has 0 aliphatic heterocycles. The van der Waals surface area contributed by atoms with E-state index < -0.39 is 0 Å². The molecule has 0 fully saturated rings. The van der Waals surface area contributed by atoms with E-state index >= 15 is 0 Å². The Bertz CT molecular complexity index is 560. The maximum Gasteiger partial charge on any atom is 0.0992 e. The molecule has 0 radical (unpaired) electrons. The third-order valence-electron chi connectivity index (χ3n) is 2.55. The van der Waals surface area contributed by atoms with Gasteiger partial charge in [-0.3, -0.25) is 0 Å². The summed E-state index contributed by atoms with van der Waals surface area (Å²) in [5.74, 6) is 1.83. The zero-order valence-corrected chi connectivity index (χ0v) is 11.3. The number of nitriles is 1. The van der Waals surface area contributed by atoms with Crippen molar-refractivity contribution >= 4 is 23.4 Å². The Morgan fingerprint density at radius 3 is 2.50 bits per heavy atom. The fraction of sp³-hybridized carbons (Fsp3) is 0.133. The Hall–Kier alpha value is -1.43. The minimum absolute atomic E-state index is 0.608. The lowest BCUT2D eigenvalue weighted by Gasteiger charge is -2.05. The highest BCUT2D eigenvalue weighted by atomic mass is 35.5. The molecule has 2 aromatic carbocycles. The smallest absolute Gasteiger partial charge is 0.0992 e.